The molecule has 3 rings (SSSR count). The number of thiophene rings is 1. The molecule has 1 aromatic carbocycles. The van der Waals surface area contributed by atoms with Crippen LogP contribution < -0.4 is 19.1 Å². The molecule has 0 radical (unpaired) electrons. The lowest BCUT2D eigenvalue weighted by molar-refractivity contribution is 0.324. The first-order chi connectivity index (χ1) is 12.9. The van der Waals surface area contributed by atoms with Gasteiger partial charge >= 0.3 is 0 Å². The maximum absolute atomic E-state index is 9.38. The zero-order chi connectivity index (χ0) is 19.7. The summed E-state index contributed by atoms with van der Waals surface area (Å²) in [5.74, 6) is 2.86. The second-order valence-electron chi connectivity index (χ2n) is 6.03. The first-order valence-electron chi connectivity index (χ1n) is 8.14. The predicted molar refractivity (Wildman–Crippen MR) is 106 cm³/mol. The van der Waals surface area contributed by atoms with Gasteiger partial charge in [0.05, 0.1) is 26.7 Å². The Kier molecular flexibility index (Phi) is 5.06. The molecule has 140 valence electrons. The number of anilines is 1. The molecule has 0 saturated carbocycles. The average molecular weight is 384 g/mol. The van der Waals surface area contributed by atoms with Crippen LogP contribution in [0.4, 0.5) is 5.82 Å². The fourth-order valence-corrected chi connectivity index (χ4v) is 3.86. The van der Waals surface area contributed by atoms with Crippen LogP contribution in [0.25, 0.3) is 21.6 Å². The van der Waals surface area contributed by atoms with Crippen molar-refractivity contribution in [2.24, 2.45) is 0 Å². The topological polar surface area (TPSA) is 80.5 Å². The summed E-state index contributed by atoms with van der Waals surface area (Å²) in [6.45, 7) is 1.92. The van der Waals surface area contributed by atoms with Gasteiger partial charge in [0, 0.05) is 19.7 Å². The molecule has 0 bridgehead atoms. The van der Waals surface area contributed by atoms with E-state index in [0.717, 1.165) is 27.2 Å². The van der Waals surface area contributed by atoms with E-state index in [9.17, 15) is 5.26 Å². The molecule has 8 heteroatoms. The number of hydrogen-bond acceptors (Lipinski definition) is 8. The minimum Gasteiger partial charge on any atom is -0.493 e. The summed E-state index contributed by atoms with van der Waals surface area (Å²) in [7, 11) is 8.54. The second-order valence-corrected chi connectivity index (χ2v) is 7.03. The molecular weight excluding hydrogens is 364 g/mol. The summed E-state index contributed by atoms with van der Waals surface area (Å²) in [4.78, 5) is 12.8. The van der Waals surface area contributed by atoms with Gasteiger partial charge in [-0.25, -0.2) is 9.97 Å². The van der Waals surface area contributed by atoms with E-state index in [0.29, 0.717) is 28.0 Å². The van der Waals surface area contributed by atoms with Crippen LogP contribution in [0.5, 0.6) is 17.2 Å². The third kappa shape index (κ3) is 3.11. The molecule has 27 heavy (non-hydrogen) atoms. The Morgan fingerprint density at radius 3 is 2.15 bits per heavy atom. The van der Waals surface area contributed by atoms with Gasteiger partial charge in [-0.3, -0.25) is 0 Å². The maximum Gasteiger partial charge on any atom is 0.203 e. The van der Waals surface area contributed by atoms with Gasteiger partial charge in [0.25, 0.3) is 0 Å². The van der Waals surface area contributed by atoms with Gasteiger partial charge < -0.3 is 19.1 Å². The number of methoxy groups -OCH3 is 3. The standard InChI is InChI=1S/C19H20N4O3S/c1-10-14(9-20)27-19-15(10)18(23(2)3)21-17(22-19)11-7-12(24-4)16(26-6)13(8-11)25-5/h7-8H,1-6H3. The Morgan fingerprint density at radius 1 is 1.04 bits per heavy atom. The Bertz CT molecular complexity index is 1030. The van der Waals surface area contributed by atoms with Gasteiger partial charge in [0.2, 0.25) is 5.75 Å². The van der Waals surface area contributed by atoms with Crippen LogP contribution in [0.3, 0.4) is 0 Å². The van der Waals surface area contributed by atoms with Crippen molar-refractivity contribution in [3.8, 4) is 34.7 Å². The number of nitrogens with zero attached hydrogens (tertiary/aromatic N) is 4. The van der Waals surface area contributed by atoms with E-state index in [1.165, 1.54) is 11.3 Å². The third-order valence-corrected chi connectivity index (χ3v) is 5.31. The normalized spacial score (nSPS) is 10.6. The van der Waals surface area contributed by atoms with E-state index in [2.05, 4.69) is 6.07 Å². The molecule has 0 aliphatic rings. The Balaban J connectivity index is 2.31. The number of rotatable bonds is 5. The maximum atomic E-state index is 9.38. The first-order valence-corrected chi connectivity index (χ1v) is 8.95. The van der Waals surface area contributed by atoms with Gasteiger partial charge in [0.1, 0.15) is 21.6 Å². The van der Waals surface area contributed by atoms with Crippen LogP contribution in [0.1, 0.15) is 10.4 Å². The number of ether oxygens (including phenoxy) is 3. The number of nitriles is 1. The lowest BCUT2D eigenvalue weighted by Gasteiger charge is -2.16. The molecule has 2 heterocycles. The number of aryl methyl sites for hydroxylation is 1. The number of benzene rings is 1. The molecule has 0 atom stereocenters. The van der Waals surface area contributed by atoms with Crippen LogP contribution in [0.2, 0.25) is 0 Å². The lowest BCUT2D eigenvalue weighted by Crippen LogP contribution is -2.12. The van der Waals surface area contributed by atoms with Gasteiger partial charge in [-0.15, -0.1) is 11.3 Å². The van der Waals surface area contributed by atoms with Crippen molar-refractivity contribution < 1.29 is 14.2 Å². The van der Waals surface area contributed by atoms with E-state index in [1.807, 2.05) is 38.1 Å². The monoisotopic (exact) mass is 384 g/mol. The van der Waals surface area contributed by atoms with E-state index in [-0.39, 0.29) is 0 Å². The van der Waals surface area contributed by atoms with Crippen molar-refractivity contribution in [2.75, 3.05) is 40.3 Å². The van der Waals surface area contributed by atoms with Crippen molar-refractivity contribution in [1.29, 1.82) is 5.26 Å². The molecule has 0 saturated heterocycles. The smallest absolute Gasteiger partial charge is 0.203 e. The van der Waals surface area contributed by atoms with E-state index in [1.54, 1.807) is 21.3 Å². The van der Waals surface area contributed by atoms with Gasteiger partial charge in [0.15, 0.2) is 17.3 Å². The quantitative estimate of drug-likeness (QED) is 0.664. The molecule has 0 aliphatic heterocycles. The molecule has 0 N–H and O–H groups in total. The molecule has 0 amide bonds. The highest BCUT2D eigenvalue weighted by Crippen LogP contribution is 2.42. The predicted octanol–water partition coefficient (Wildman–Crippen LogP) is 3.63. The van der Waals surface area contributed by atoms with Crippen LogP contribution in [0.15, 0.2) is 12.1 Å². The van der Waals surface area contributed by atoms with Crippen LogP contribution >= 0.6 is 11.3 Å². The van der Waals surface area contributed by atoms with Crippen molar-refractivity contribution in [3.63, 3.8) is 0 Å². The van der Waals surface area contributed by atoms with E-state index >= 15 is 0 Å². The molecule has 0 fully saturated rings. The Labute approximate surface area is 161 Å². The number of hydrogen-bond donors (Lipinski definition) is 0. The van der Waals surface area contributed by atoms with Crippen LogP contribution in [0, 0.1) is 18.3 Å². The number of fused-ring (bicyclic) bond motifs is 1. The molecule has 0 spiro atoms. The molecular formula is C19H20N4O3S. The van der Waals surface area contributed by atoms with Gasteiger partial charge in [-0.1, -0.05) is 0 Å². The Morgan fingerprint density at radius 2 is 1.67 bits per heavy atom. The SMILES string of the molecule is COc1cc(-c2nc(N(C)C)c3c(C)c(C#N)sc3n2)cc(OC)c1OC. The lowest BCUT2D eigenvalue weighted by atomic mass is 10.1. The Hall–Kier alpha value is -3.05. The van der Waals surface area contributed by atoms with E-state index in [4.69, 9.17) is 24.2 Å². The zero-order valence-electron chi connectivity index (χ0n) is 16.1. The van der Waals surface area contributed by atoms with Gasteiger partial charge in [-0.05, 0) is 24.6 Å². The summed E-state index contributed by atoms with van der Waals surface area (Å²) < 4.78 is 16.3. The summed E-state index contributed by atoms with van der Waals surface area (Å²) in [5.41, 5.74) is 1.64. The third-order valence-electron chi connectivity index (χ3n) is 4.22. The summed E-state index contributed by atoms with van der Waals surface area (Å²) in [5, 5.41) is 10.3. The molecule has 0 aliphatic carbocycles. The van der Waals surface area contributed by atoms with Gasteiger partial charge in [-0.2, -0.15) is 5.26 Å². The first kappa shape index (κ1) is 18.7. The van der Waals surface area contributed by atoms with Crippen molar-refractivity contribution in [2.45, 2.75) is 6.92 Å². The van der Waals surface area contributed by atoms with Crippen molar-refractivity contribution >= 4 is 27.4 Å². The fourth-order valence-electron chi connectivity index (χ4n) is 2.89. The molecule has 0 unspecified atom stereocenters. The highest BCUT2D eigenvalue weighted by molar-refractivity contribution is 7.19. The molecule has 7 nitrogen and oxygen atoms in total. The highest BCUT2D eigenvalue weighted by Gasteiger charge is 2.20. The fraction of sp³-hybridized carbons (Fsp3) is 0.316. The minimum atomic E-state index is 0.511. The highest BCUT2D eigenvalue weighted by atomic mass is 32.1. The van der Waals surface area contributed by atoms with Crippen LogP contribution in [-0.4, -0.2) is 45.4 Å². The minimum absolute atomic E-state index is 0.511. The molecule has 2 aromatic heterocycles. The average Bonchev–Trinajstić information content (AvgIpc) is 3.01. The summed E-state index contributed by atoms with van der Waals surface area (Å²) in [6, 6.07) is 5.86. The van der Waals surface area contributed by atoms with E-state index < -0.39 is 0 Å². The second kappa shape index (κ2) is 7.29. The van der Waals surface area contributed by atoms with Crippen LogP contribution in [-0.2, 0) is 0 Å². The summed E-state index contributed by atoms with van der Waals surface area (Å²) >= 11 is 1.37. The number of aromatic nitrogens is 2. The summed E-state index contributed by atoms with van der Waals surface area (Å²) in [6.07, 6.45) is 0. The zero-order valence-corrected chi connectivity index (χ0v) is 16.9. The van der Waals surface area contributed by atoms with Crippen molar-refractivity contribution in [1.82, 2.24) is 9.97 Å². The molecule has 3 aromatic rings. The van der Waals surface area contributed by atoms with Crippen molar-refractivity contribution in [3.05, 3.63) is 22.6 Å². The largest absolute Gasteiger partial charge is 0.493 e.